The lowest BCUT2D eigenvalue weighted by Crippen LogP contribution is -2.40. The van der Waals surface area contributed by atoms with Crippen LogP contribution in [0.25, 0.3) is 10.4 Å². The van der Waals surface area contributed by atoms with Crippen molar-refractivity contribution in [1.29, 1.82) is 0 Å². The summed E-state index contributed by atoms with van der Waals surface area (Å²) in [5, 5.41) is 3.26. The van der Waals surface area contributed by atoms with Crippen molar-refractivity contribution < 1.29 is 9.59 Å². The minimum absolute atomic E-state index is 0.0795. The maximum absolute atomic E-state index is 10.5. The first kappa shape index (κ1) is 12.2. The summed E-state index contributed by atoms with van der Waals surface area (Å²) in [6.45, 7) is 0.279. The summed E-state index contributed by atoms with van der Waals surface area (Å²) in [5.74, 6) is -1.13. The van der Waals surface area contributed by atoms with Crippen molar-refractivity contribution >= 4 is 11.8 Å². The second-order valence-electron chi connectivity index (χ2n) is 2.60. The van der Waals surface area contributed by atoms with Gasteiger partial charge in [0, 0.05) is 18.0 Å². The van der Waals surface area contributed by atoms with E-state index in [0.29, 0.717) is 0 Å². The summed E-state index contributed by atoms with van der Waals surface area (Å²) in [5.41, 5.74) is 17.9. The van der Waals surface area contributed by atoms with E-state index in [9.17, 15) is 9.59 Å². The van der Waals surface area contributed by atoms with E-state index in [1.54, 1.807) is 0 Å². The van der Waals surface area contributed by atoms with Gasteiger partial charge in [0.1, 0.15) is 0 Å². The van der Waals surface area contributed by atoms with Gasteiger partial charge in [0.15, 0.2) is 0 Å². The largest absolute Gasteiger partial charge is 0.369 e. The second-order valence-corrected chi connectivity index (χ2v) is 2.60. The van der Waals surface area contributed by atoms with Crippen LogP contribution in [0.15, 0.2) is 5.11 Å². The number of nitrogens with two attached hydrogens (primary N) is 2. The van der Waals surface area contributed by atoms with Crippen LogP contribution in [0.5, 0.6) is 0 Å². The molecule has 0 aliphatic carbocycles. The molecule has 0 rings (SSSR count). The fraction of sp³-hybridized carbons (Fsp3) is 0.667. The number of azide groups is 1. The van der Waals surface area contributed by atoms with Gasteiger partial charge in [-0.1, -0.05) is 5.11 Å². The van der Waals surface area contributed by atoms with Gasteiger partial charge in [-0.3, -0.25) is 14.5 Å². The zero-order chi connectivity index (χ0) is 11.0. The van der Waals surface area contributed by atoms with Crippen molar-refractivity contribution in [3.8, 4) is 0 Å². The summed E-state index contributed by atoms with van der Waals surface area (Å²) < 4.78 is 0. The highest BCUT2D eigenvalue weighted by molar-refractivity contribution is 5.79. The molecule has 0 aliphatic heterocycles. The third kappa shape index (κ3) is 6.89. The van der Waals surface area contributed by atoms with E-state index in [2.05, 4.69) is 10.0 Å². The molecule has 8 heteroatoms. The molecule has 0 fully saturated rings. The number of hydrogen-bond acceptors (Lipinski definition) is 4. The van der Waals surface area contributed by atoms with Crippen molar-refractivity contribution in [1.82, 2.24) is 4.90 Å². The van der Waals surface area contributed by atoms with Crippen molar-refractivity contribution in [2.24, 2.45) is 16.6 Å². The average Bonchev–Trinajstić information content (AvgIpc) is 2.02. The predicted octanol–water partition coefficient (Wildman–Crippen LogP) is -1.43. The van der Waals surface area contributed by atoms with Crippen LogP contribution < -0.4 is 11.5 Å². The molecule has 0 spiro atoms. The van der Waals surface area contributed by atoms with Crippen LogP contribution in [0.4, 0.5) is 0 Å². The molecule has 0 saturated carbocycles. The Kier molecular flexibility index (Phi) is 5.84. The van der Waals surface area contributed by atoms with Gasteiger partial charge in [0.05, 0.1) is 13.1 Å². The van der Waals surface area contributed by atoms with Gasteiger partial charge in [-0.25, -0.2) is 0 Å². The summed E-state index contributed by atoms with van der Waals surface area (Å²) >= 11 is 0. The number of amides is 2. The van der Waals surface area contributed by atoms with Crippen LogP contribution in [-0.2, 0) is 9.59 Å². The van der Waals surface area contributed by atoms with Gasteiger partial charge in [-0.2, -0.15) is 0 Å². The smallest absolute Gasteiger partial charge is 0.231 e. The molecule has 0 atom stereocenters. The minimum atomic E-state index is -0.563. The Bertz CT molecular complexity index is 243. The summed E-state index contributed by atoms with van der Waals surface area (Å²) in [4.78, 5) is 25.0. The SMILES string of the molecule is [N-]=[N+]=NCCN(CC(N)=O)CC(N)=O. The van der Waals surface area contributed by atoms with Crippen molar-refractivity contribution in [2.75, 3.05) is 26.2 Å². The molecule has 14 heavy (non-hydrogen) atoms. The lowest BCUT2D eigenvalue weighted by atomic mass is 10.4. The third-order valence-electron chi connectivity index (χ3n) is 1.34. The Balaban J connectivity index is 4.02. The molecule has 0 aliphatic rings. The van der Waals surface area contributed by atoms with Crippen LogP contribution in [0.3, 0.4) is 0 Å². The second kappa shape index (κ2) is 6.70. The number of primary amides is 2. The summed E-state index contributed by atoms with van der Waals surface area (Å²) in [6.07, 6.45) is 0. The first-order valence-electron chi connectivity index (χ1n) is 3.86. The molecule has 0 heterocycles. The van der Waals surface area contributed by atoms with Crippen molar-refractivity contribution in [3.05, 3.63) is 10.4 Å². The molecule has 0 unspecified atom stereocenters. The normalized spacial score (nSPS) is 9.50. The number of rotatable bonds is 7. The van der Waals surface area contributed by atoms with E-state index < -0.39 is 11.8 Å². The zero-order valence-electron chi connectivity index (χ0n) is 7.59. The number of hydrogen-bond donors (Lipinski definition) is 2. The quantitative estimate of drug-likeness (QED) is 0.296. The van der Waals surface area contributed by atoms with Gasteiger partial charge in [-0.15, -0.1) is 0 Å². The molecule has 0 saturated heterocycles. The zero-order valence-corrected chi connectivity index (χ0v) is 7.59. The average molecular weight is 200 g/mol. The fourth-order valence-electron chi connectivity index (χ4n) is 0.886. The Hall–Kier alpha value is -1.79. The van der Waals surface area contributed by atoms with Crippen molar-refractivity contribution in [2.45, 2.75) is 0 Å². The van der Waals surface area contributed by atoms with Crippen LogP contribution in [0.2, 0.25) is 0 Å². The van der Waals surface area contributed by atoms with E-state index in [4.69, 9.17) is 17.0 Å². The van der Waals surface area contributed by atoms with Gasteiger partial charge in [0.25, 0.3) is 0 Å². The fourth-order valence-corrected chi connectivity index (χ4v) is 0.886. The van der Waals surface area contributed by atoms with E-state index in [-0.39, 0.29) is 26.2 Å². The number of nitrogens with zero attached hydrogens (tertiary/aromatic N) is 4. The van der Waals surface area contributed by atoms with Gasteiger partial charge in [-0.05, 0) is 5.53 Å². The molecule has 8 nitrogen and oxygen atoms in total. The van der Waals surface area contributed by atoms with E-state index in [0.717, 1.165) is 0 Å². The van der Waals surface area contributed by atoms with E-state index >= 15 is 0 Å². The molecular weight excluding hydrogens is 188 g/mol. The molecule has 2 amide bonds. The van der Waals surface area contributed by atoms with E-state index in [1.807, 2.05) is 0 Å². The molecule has 0 aromatic carbocycles. The van der Waals surface area contributed by atoms with Gasteiger partial charge in [0.2, 0.25) is 11.8 Å². The molecule has 0 aromatic rings. The molecule has 78 valence electrons. The first-order chi connectivity index (χ1) is 6.56. The maximum atomic E-state index is 10.5. The predicted molar refractivity (Wildman–Crippen MR) is 48.8 cm³/mol. The lowest BCUT2D eigenvalue weighted by Gasteiger charge is -2.16. The molecular formula is C6H12N6O2. The summed E-state index contributed by atoms with van der Waals surface area (Å²) in [6, 6.07) is 0. The van der Waals surface area contributed by atoms with E-state index in [1.165, 1.54) is 4.90 Å². The topological polar surface area (TPSA) is 138 Å². The highest BCUT2D eigenvalue weighted by Gasteiger charge is 2.09. The van der Waals surface area contributed by atoms with Crippen LogP contribution in [0.1, 0.15) is 0 Å². The first-order valence-corrected chi connectivity index (χ1v) is 3.86. The molecule has 4 N–H and O–H groups in total. The standard InChI is InChI=1S/C6H12N6O2/c7-5(13)3-12(4-6(8)14)2-1-10-11-9/h1-4H2,(H2,7,13)(H2,8,14). The van der Waals surface area contributed by atoms with Crippen LogP contribution in [-0.4, -0.2) is 42.9 Å². The highest BCUT2D eigenvalue weighted by atomic mass is 16.2. The Morgan fingerprint density at radius 3 is 2.14 bits per heavy atom. The molecule has 0 radical (unpaired) electrons. The number of carbonyl (C=O) groups is 2. The van der Waals surface area contributed by atoms with Gasteiger partial charge >= 0.3 is 0 Å². The molecule has 0 aromatic heterocycles. The third-order valence-corrected chi connectivity index (χ3v) is 1.34. The van der Waals surface area contributed by atoms with Crippen molar-refractivity contribution in [3.63, 3.8) is 0 Å². The monoisotopic (exact) mass is 200 g/mol. The van der Waals surface area contributed by atoms with Gasteiger partial charge < -0.3 is 11.5 Å². The maximum Gasteiger partial charge on any atom is 0.231 e. The Morgan fingerprint density at radius 2 is 1.79 bits per heavy atom. The van der Waals surface area contributed by atoms with Crippen LogP contribution >= 0.6 is 0 Å². The number of carbonyl (C=O) groups excluding carboxylic acids is 2. The highest BCUT2D eigenvalue weighted by Crippen LogP contribution is 1.87. The lowest BCUT2D eigenvalue weighted by molar-refractivity contribution is -0.121. The van der Waals surface area contributed by atoms with Crippen LogP contribution in [0, 0.1) is 0 Å². The summed E-state index contributed by atoms with van der Waals surface area (Å²) in [7, 11) is 0. The Morgan fingerprint density at radius 1 is 1.29 bits per heavy atom. The Labute approximate surface area is 80.5 Å². The minimum Gasteiger partial charge on any atom is -0.369 e. The molecule has 0 bridgehead atoms.